The number of carboxylic acids is 1. The SMILES string of the molecule is Cc1ccccc1N1C[C@@]23C=C[C@@H](O2)[C@@H](C(=O)O)[C@H]3C1=O. The van der Waals surface area contributed by atoms with E-state index in [4.69, 9.17) is 4.74 Å². The molecule has 5 nitrogen and oxygen atoms in total. The molecule has 21 heavy (non-hydrogen) atoms. The summed E-state index contributed by atoms with van der Waals surface area (Å²) in [7, 11) is 0. The number of carbonyl (C=O) groups excluding carboxylic acids is 1. The quantitative estimate of drug-likeness (QED) is 0.833. The van der Waals surface area contributed by atoms with Crippen LogP contribution in [0.4, 0.5) is 5.69 Å². The molecule has 0 aromatic heterocycles. The number of para-hydroxylation sites is 1. The number of carbonyl (C=O) groups is 2. The topological polar surface area (TPSA) is 66.8 Å². The number of hydrogen-bond donors (Lipinski definition) is 1. The molecule has 108 valence electrons. The number of amides is 1. The van der Waals surface area contributed by atoms with Crippen LogP contribution < -0.4 is 4.90 Å². The fraction of sp³-hybridized carbons (Fsp3) is 0.375. The second kappa shape index (κ2) is 3.95. The molecule has 0 unspecified atom stereocenters. The molecule has 4 atom stereocenters. The van der Waals surface area contributed by atoms with Gasteiger partial charge in [-0.1, -0.05) is 30.4 Å². The van der Waals surface area contributed by atoms with Crippen molar-refractivity contribution in [2.24, 2.45) is 11.8 Å². The molecule has 4 rings (SSSR count). The summed E-state index contributed by atoms with van der Waals surface area (Å²) in [5, 5.41) is 9.42. The Morgan fingerprint density at radius 3 is 2.90 bits per heavy atom. The number of anilines is 1. The van der Waals surface area contributed by atoms with E-state index in [0.29, 0.717) is 6.54 Å². The minimum Gasteiger partial charge on any atom is -0.481 e. The number of fused-ring (bicyclic) bond motifs is 1. The van der Waals surface area contributed by atoms with Gasteiger partial charge in [-0.15, -0.1) is 0 Å². The second-order valence-corrected chi connectivity index (χ2v) is 5.95. The fourth-order valence-electron chi connectivity index (χ4n) is 3.85. The second-order valence-electron chi connectivity index (χ2n) is 5.95. The lowest BCUT2D eigenvalue weighted by Crippen LogP contribution is -2.39. The minimum atomic E-state index is -0.962. The molecule has 1 amide bonds. The van der Waals surface area contributed by atoms with Crippen molar-refractivity contribution in [2.45, 2.75) is 18.6 Å². The molecule has 5 heteroatoms. The number of aliphatic carboxylic acids is 1. The van der Waals surface area contributed by atoms with Crippen LogP contribution in [0.3, 0.4) is 0 Å². The zero-order valence-corrected chi connectivity index (χ0v) is 11.5. The summed E-state index contributed by atoms with van der Waals surface area (Å²) in [4.78, 5) is 26.0. The molecule has 3 aliphatic rings. The van der Waals surface area contributed by atoms with E-state index in [-0.39, 0.29) is 5.91 Å². The molecule has 0 saturated carbocycles. The standard InChI is InChI=1S/C16H15NO4/c1-9-4-2-3-5-10(9)17-8-16-7-6-11(21-16)12(15(19)20)13(16)14(17)18/h2-7,11-13H,8H2,1H3,(H,19,20)/t11-,12-,13+,16-/m1/s1. The van der Waals surface area contributed by atoms with Crippen molar-refractivity contribution in [3.8, 4) is 0 Å². The van der Waals surface area contributed by atoms with E-state index in [1.165, 1.54) is 0 Å². The minimum absolute atomic E-state index is 0.149. The first-order valence-corrected chi connectivity index (χ1v) is 7.00. The van der Waals surface area contributed by atoms with Gasteiger partial charge in [0, 0.05) is 5.69 Å². The van der Waals surface area contributed by atoms with Crippen molar-refractivity contribution in [1.82, 2.24) is 0 Å². The maximum absolute atomic E-state index is 12.8. The molecule has 1 spiro atoms. The third kappa shape index (κ3) is 1.49. The average molecular weight is 285 g/mol. The van der Waals surface area contributed by atoms with Crippen LogP contribution >= 0.6 is 0 Å². The molecule has 0 aliphatic carbocycles. The van der Waals surface area contributed by atoms with Gasteiger partial charge in [0.25, 0.3) is 0 Å². The van der Waals surface area contributed by atoms with Crippen LogP contribution in [0.25, 0.3) is 0 Å². The number of ether oxygens (including phenoxy) is 1. The lowest BCUT2D eigenvalue weighted by atomic mass is 9.77. The molecule has 1 aromatic carbocycles. The van der Waals surface area contributed by atoms with Crippen molar-refractivity contribution in [3.63, 3.8) is 0 Å². The van der Waals surface area contributed by atoms with Gasteiger partial charge in [0.15, 0.2) is 0 Å². The van der Waals surface area contributed by atoms with Crippen molar-refractivity contribution in [1.29, 1.82) is 0 Å². The van der Waals surface area contributed by atoms with Gasteiger partial charge in [0.2, 0.25) is 5.91 Å². The number of aryl methyl sites for hydroxylation is 1. The highest BCUT2D eigenvalue weighted by Gasteiger charge is 2.67. The van der Waals surface area contributed by atoms with Crippen molar-refractivity contribution in [2.75, 3.05) is 11.4 Å². The number of rotatable bonds is 2. The maximum atomic E-state index is 12.8. The van der Waals surface area contributed by atoms with E-state index < -0.39 is 29.5 Å². The predicted octanol–water partition coefficient (Wildman–Crippen LogP) is 1.37. The van der Waals surface area contributed by atoms with E-state index in [2.05, 4.69) is 0 Å². The van der Waals surface area contributed by atoms with Gasteiger partial charge in [-0.05, 0) is 18.6 Å². The maximum Gasteiger partial charge on any atom is 0.310 e. The summed E-state index contributed by atoms with van der Waals surface area (Å²) >= 11 is 0. The molecule has 3 aliphatic heterocycles. The zero-order chi connectivity index (χ0) is 14.8. The number of carboxylic acid groups (broad SMARTS) is 1. The Morgan fingerprint density at radius 2 is 2.19 bits per heavy atom. The zero-order valence-electron chi connectivity index (χ0n) is 11.5. The molecule has 3 heterocycles. The number of benzene rings is 1. The van der Waals surface area contributed by atoms with Crippen LogP contribution in [0.1, 0.15) is 5.56 Å². The lowest BCUT2D eigenvalue weighted by molar-refractivity contribution is -0.146. The highest BCUT2D eigenvalue weighted by molar-refractivity contribution is 6.02. The van der Waals surface area contributed by atoms with Crippen molar-refractivity contribution >= 4 is 17.6 Å². The molecule has 2 saturated heterocycles. The summed E-state index contributed by atoms with van der Waals surface area (Å²) in [6, 6.07) is 7.62. The Morgan fingerprint density at radius 1 is 1.43 bits per heavy atom. The summed E-state index contributed by atoms with van der Waals surface area (Å²) < 4.78 is 5.87. The largest absolute Gasteiger partial charge is 0.481 e. The van der Waals surface area contributed by atoms with Crippen LogP contribution in [-0.2, 0) is 14.3 Å². The smallest absolute Gasteiger partial charge is 0.310 e. The molecule has 2 bridgehead atoms. The van der Waals surface area contributed by atoms with Gasteiger partial charge < -0.3 is 14.7 Å². The van der Waals surface area contributed by atoms with Crippen LogP contribution in [-0.4, -0.2) is 35.2 Å². The predicted molar refractivity (Wildman–Crippen MR) is 74.9 cm³/mol. The molecule has 2 fully saturated rings. The van der Waals surface area contributed by atoms with Crippen molar-refractivity contribution in [3.05, 3.63) is 42.0 Å². The third-order valence-electron chi connectivity index (χ3n) is 4.79. The summed E-state index contributed by atoms with van der Waals surface area (Å²) in [5.41, 5.74) is 1.05. The van der Waals surface area contributed by atoms with Gasteiger partial charge in [-0.25, -0.2) is 0 Å². The Balaban J connectivity index is 1.78. The van der Waals surface area contributed by atoms with Gasteiger partial charge >= 0.3 is 5.97 Å². The van der Waals surface area contributed by atoms with Gasteiger partial charge in [0.1, 0.15) is 11.5 Å². The van der Waals surface area contributed by atoms with E-state index >= 15 is 0 Å². The number of hydrogen-bond acceptors (Lipinski definition) is 3. The molecule has 0 radical (unpaired) electrons. The first kappa shape index (κ1) is 12.6. The van der Waals surface area contributed by atoms with Crippen LogP contribution in [0.2, 0.25) is 0 Å². The normalized spacial score (nSPS) is 36.3. The van der Waals surface area contributed by atoms with E-state index in [9.17, 15) is 14.7 Å². The Bertz CT molecular complexity index is 683. The summed E-state index contributed by atoms with van der Waals surface area (Å²) in [5.74, 6) is -2.51. The highest BCUT2D eigenvalue weighted by atomic mass is 16.5. The van der Waals surface area contributed by atoms with Gasteiger partial charge in [0.05, 0.1) is 18.6 Å². The monoisotopic (exact) mass is 285 g/mol. The summed E-state index contributed by atoms with van der Waals surface area (Å²) in [6.07, 6.45) is 3.18. The van der Waals surface area contributed by atoms with E-state index in [1.807, 2.05) is 37.3 Å². The fourth-order valence-corrected chi connectivity index (χ4v) is 3.85. The molecular formula is C16H15NO4. The first-order chi connectivity index (χ1) is 10.0. The van der Waals surface area contributed by atoms with Crippen LogP contribution in [0, 0.1) is 18.8 Å². The Hall–Kier alpha value is -2.14. The Kier molecular flexibility index (Phi) is 2.37. The summed E-state index contributed by atoms with van der Waals surface area (Å²) in [6.45, 7) is 2.33. The third-order valence-corrected chi connectivity index (χ3v) is 4.79. The number of nitrogens with zero attached hydrogens (tertiary/aromatic N) is 1. The van der Waals surface area contributed by atoms with Crippen molar-refractivity contribution < 1.29 is 19.4 Å². The van der Waals surface area contributed by atoms with Gasteiger partial charge in [-0.3, -0.25) is 9.59 Å². The molecular weight excluding hydrogens is 270 g/mol. The van der Waals surface area contributed by atoms with Crippen LogP contribution in [0.15, 0.2) is 36.4 Å². The Labute approximate surface area is 121 Å². The van der Waals surface area contributed by atoms with Gasteiger partial charge in [-0.2, -0.15) is 0 Å². The van der Waals surface area contributed by atoms with Crippen LogP contribution in [0.5, 0.6) is 0 Å². The average Bonchev–Trinajstić information content (AvgIpc) is 3.08. The highest BCUT2D eigenvalue weighted by Crippen LogP contribution is 2.52. The van der Waals surface area contributed by atoms with E-state index in [0.717, 1.165) is 11.3 Å². The molecule has 1 aromatic rings. The lowest BCUT2D eigenvalue weighted by Gasteiger charge is -2.22. The van der Waals surface area contributed by atoms with E-state index in [1.54, 1.807) is 11.0 Å². The molecule has 1 N–H and O–H groups in total. The first-order valence-electron chi connectivity index (χ1n) is 7.00.